The van der Waals surface area contributed by atoms with Gasteiger partial charge in [-0.05, 0) is 44.5 Å². The molecule has 0 aromatic heterocycles. The number of halogens is 2. The lowest BCUT2D eigenvalue weighted by atomic mass is 9.88. The molecule has 1 amide bonds. The van der Waals surface area contributed by atoms with Gasteiger partial charge in [0.1, 0.15) is 0 Å². The second kappa shape index (κ2) is 10.7. The Balaban J connectivity index is 0.00000242. The van der Waals surface area contributed by atoms with Crippen LogP contribution < -0.4 is 15.5 Å². The van der Waals surface area contributed by atoms with Crippen LogP contribution in [0, 0.1) is 18.8 Å². The summed E-state index contributed by atoms with van der Waals surface area (Å²) in [6, 6.07) is 8.39. The Morgan fingerprint density at radius 3 is 2.52 bits per heavy atom. The number of nitrogens with one attached hydrogen (secondary N) is 2. The number of anilines is 1. The Bertz CT molecular complexity index is 481. The number of nitrogens with zero attached hydrogens (tertiary/aromatic N) is 1. The van der Waals surface area contributed by atoms with E-state index in [1.54, 1.807) is 0 Å². The summed E-state index contributed by atoms with van der Waals surface area (Å²) in [5, 5.41) is 6.30. The number of carbonyl (C=O) groups is 1. The molecule has 1 aliphatic heterocycles. The van der Waals surface area contributed by atoms with Crippen molar-refractivity contribution in [1.82, 2.24) is 10.6 Å². The molecule has 1 aromatic rings. The van der Waals surface area contributed by atoms with Gasteiger partial charge in [-0.1, -0.05) is 25.1 Å². The van der Waals surface area contributed by atoms with Gasteiger partial charge in [0.15, 0.2) is 0 Å². The largest absolute Gasteiger partial charge is 0.370 e. The first-order valence-corrected chi connectivity index (χ1v) is 7.92. The molecule has 6 heteroatoms. The van der Waals surface area contributed by atoms with E-state index in [1.807, 2.05) is 6.92 Å². The maximum absolute atomic E-state index is 12.1. The standard InChI is InChI=1S/C17H27N3O.2ClH/c1-4-20(16-8-6-5-7-13(16)2)10-9-19-17(21)14(3)15-11-18-12-15;;/h5-8,14-15,18H,4,9-12H2,1-3H3,(H,19,21);2*1H. The molecular formula is C17H29Cl2N3O. The van der Waals surface area contributed by atoms with Crippen molar-refractivity contribution in [2.24, 2.45) is 11.8 Å². The third-order valence-electron chi connectivity index (χ3n) is 4.45. The lowest BCUT2D eigenvalue weighted by Gasteiger charge is -2.32. The summed E-state index contributed by atoms with van der Waals surface area (Å²) in [6.07, 6.45) is 0. The number of hydrogen-bond donors (Lipinski definition) is 2. The second-order valence-corrected chi connectivity index (χ2v) is 5.86. The van der Waals surface area contributed by atoms with Crippen molar-refractivity contribution >= 4 is 36.4 Å². The van der Waals surface area contributed by atoms with E-state index >= 15 is 0 Å². The van der Waals surface area contributed by atoms with E-state index in [1.165, 1.54) is 11.3 Å². The van der Waals surface area contributed by atoms with Gasteiger partial charge in [-0.15, -0.1) is 24.8 Å². The number of likely N-dealkylation sites (N-methyl/N-ethyl adjacent to an activating group) is 1. The zero-order valence-electron chi connectivity index (χ0n) is 14.2. The molecule has 132 valence electrons. The number of amides is 1. The van der Waals surface area contributed by atoms with Crippen molar-refractivity contribution in [3.63, 3.8) is 0 Å². The van der Waals surface area contributed by atoms with Crippen LogP contribution in [0.4, 0.5) is 5.69 Å². The highest BCUT2D eigenvalue weighted by atomic mass is 35.5. The number of rotatable bonds is 7. The Hall–Kier alpha value is -0.970. The van der Waals surface area contributed by atoms with Gasteiger partial charge in [0.05, 0.1) is 0 Å². The lowest BCUT2D eigenvalue weighted by molar-refractivity contribution is -0.126. The van der Waals surface area contributed by atoms with Crippen LogP contribution in [0.2, 0.25) is 0 Å². The molecule has 23 heavy (non-hydrogen) atoms. The summed E-state index contributed by atoms with van der Waals surface area (Å²) < 4.78 is 0. The van der Waals surface area contributed by atoms with Gasteiger partial charge in [0.2, 0.25) is 5.91 Å². The number of benzene rings is 1. The van der Waals surface area contributed by atoms with Crippen molar-refractivity contribution in [1.29, 1.82) is 0 Å². The molecule has 0 bridgehead atoms. The predicted octanol–water partition coefficient (Wildman–Crippen LogP) is 2.64. The molecule has 2 rings (SSSR count). The topological polar surface area (TPSA) is 44.4 Å². The number of hydrogen-bond acceptors (Lipinski definition) is 3. The molecule has 1 unspecified atom stereocenters. The first kappa shape index (κ1) is 22.0. The van der Waals surface area contributed by atoms with Crippen LogP contribution in [0.15, 0.2) is 24.3 Å². The van der Waals surface area contributed by atoms with Crippen LogP contribution in [0.1, 0.15) is 19.4 Å². The van der Waals surface area contributed by atoms with Gasteiger partial charge >= 0.3 is 0 Å². The fourth-order valence-electron chi connectivity index (χ4n) is 2.72. The lowest BCUT2D eigenvalue weighted by Crippen LogP contribution is -2.50. The van der Waals surface area contributed by atoms with Crippen molar-refractivity contribution < 1.29 is 4.79 Å². The van der Waals surface area contributed by atoms with E-state index in [2.05, 4.69) is 53.6 Å². The molecule has 0 saturated carbocycles. The summed E-state index contributed by atoms with van der Waals surface area (Å²) in [6.45, 7) is 10.7. The molecule has 1 heterocycles. The van der Waals surface area contributed by atoms with Gasteiger partial charge in [-0.3, -0.25) is 4.79 Å². The fraction of sp³-hybridized carbons (Fsp3) is 0.588. The molecule has 1 atom stereocenters. The predicted molar refractivity (Wildman–Crippen MR) is 102 cm³/mol. The van der Waals surface area contributed by atoms with E-state index in [0.29, 0.717) is 12.5 Å². The van der Waals surface area contributed by atoms with Gasteiger partial charge in [-0.25, -0.2) is 0 Å². The van der Waals surface area contributed by atoms with Crippen molar-refractivity contribution in [3.8, 4) is 0 Å². The zero-order valence-corrected chi connectivity index (χ0v) is 15.8. The van der Waals surface area contributed by atoms with Gasteiger partial charge in [-0.2, -0.15) is 0 Å². The summed E-state index contributed by atoms with van der Waals surface area (Å²) in [7, 11) is 0. The van der Waals surface area contributed by atoms with Crippen molar-refractivity contribution in [2.45, 2.75) is 20.8 Å². The molecule has 1 aromatic carbocycles. The molecule has 1 aliphatic rings. The molecule has 4 nitrogen and oxygen atoms in total. The van der Waals surface area contributed by atoms with Gasteiger partial charge in [0.25, 0.3) is 0 Å². The Kier molecular flexibility index (Phi) is 10.3. The first-order chi connectivity index (χ1) is 10.1. The highest BCUT2D eigenvalue weighted by molar-refractivity contribution is 5.85. The average molecular weight is 362 g/mol. The second-order valence-electron chi connectivity index (χ2n) is 5.86. The molecule has 2 N–H and O–H groups in total. The van der Waals surface area contributed by atoms with Gasteiger partial charge in [0, 0.05) is 31.2 Å². The van der Waals surface area contributed by atoms with Crippen LogP contribution in [0.5, 0.6) is 0 Å². The number of carbonyl (C=O) groups excluding carboxylic acids is 1. The van der Waals surface area contributed by atoms with Crippen LogP contribution in [-0.4, -0.2) is 38.6 Å². The summed E-state index contributed by atoms with van der Waals surface area (Å²) in [5.74, 6) is 0.797. The van der Waals surface area contributed by atoms with E-state index in [4.69, 9.17) is 0 Å². The molecular weight excluding hydrogens is 333 g/mol. The maximum Gasteiger partial charge on any atom is 0.223 e. The van der Waals surface area contributed by atoms with E-state index < -0.39 is 0 Å². The van der Waals surface area contributed by atoms with Crippen LogP contribution in [-0.2, 0) is 4.79 Å². The Morgan fingerprint density at radius 2 is 2.00 bits per heavy atom. The van der Waals surface area contributed by atoms with E-state index in [9.17, 15) is 4.79 Å². The fourth-order valence-corrected chi connectivity index (χ4v) is 2.72. The average Bonchev–Trinajstić information content (AvgIpc) is 2.42. The third-order valence-corrected chi connectivity index (χ3v) is 4.45. The Morgan fingerprint density at radius 1 is 1.35 bits per heavy atom. The summed E-state index contributed by atoms with van der Waals surface area (Å²) in [5.41, 5.74) is 2.53. The quantitative estimate of drug-likeness (QED) is 0.784. The number of aryl methyl sites for hydroxylation is 1. The van der Waals surface area contributed by atoms with Crippen LogP contribution >= 0.6 is 24.8 Å². The van der Waals surface area contributed by atoms with Crippen LogP contribution in [0.25, 0.3) is 0 Å². The van der Waals surface area contributed by atoms with Crippen LogP contribution in [0.3, 0.4) is 0 Å². The molecule has 1 saturated heterocycles. The van der Waals surface area contributed by atoms with Crippen molar-refractivity contribution in [2.75, 3.05) is 37.6 Å². The van der Waals surface area contributed by atoms with E-state index in [0.717, 1.165) is 26.2 Å². The summed E-state index contributed by atoms with van der Waals surface area (Å²) in [4.78, 5) is 14.4. The van der Waals surface area contributed by atoms with E-state index in [-0.39, 0.29) is 36.6 Å². The first-order valence-electron chi connectivity index (χ1n) is 7.92. The zero-order chi connectivity index (χ0) is 15.2. The molecule has 1 fully saturated rings. The maximum atomic E-state index is 12.1. The SMILES string of the molecule is CCN(CCNC(=O)C(C)C1CNC1)c1ccccc1C.Cl.Cl. The minimum absolute atomic E-state index is 0. The van der Waals surface area contributed by atoms with Crippen molar-refractivity contribution in [3.05, 3.63) is 29.8 Å². The Labute approximate surface area is 152 Å². The highest BCUT2D eigenvalue weighted by Crippen LogP contribution is 2.19. The molecule has 0 radical (unpaired) electrons. The minimum atomic E-state index is 0. The highest BCUT2D eigenvalue weighted by Gasteiger charge is 2.28. The molecule has 0 aliphatic carbocycles. The normalized spacial score (nSPS) is 14.7. The summed E-state index contributed by atoms with van der Waals surface area (Å²) >= 11 is 0. The monoisotopic (exact) mass is 361 g/mol. The number of para-hydroxylation sites is 1. The molecule has 0 spiro atoms. The minimum Gasteiger partial charge on any atom is -0.370 e. The smallest absolute Gasteiger partial charge is 0.223 e. The third kappa shape index (κ3) is 5.87. The van der Waals surface area contributed by atoms with Gasteiger partial charge < -0.3 is 15.5 Å².